The minimum atomic E-state index is 0.555. The summed E-state index contributed by atoms with van der Waals surface area (Å²) in [6, 6.07) is 9.05. The number of hydrogen-bond acceptors (Lipinski definition) is 2. The van der Waals surface area contributed by atoms with Crippen LogP contribution in [0.4, 0.5) is 0 Å². The van der Waals surface area contributed by atoms with Crippen LogP contribution in [-0.4, -0.2) is 31.6 Å². The van der Waals surface area contributed by atoms with Crippen molar-refractivity contribution in [1.82, 2.24) is 10.2 Å². The van der Waals surface area contributed by atoms with E-state index in [0.29, 0.717) is 6.04 Å². The molecule has 0 amide bonds. The number of rotatable bonds is 7. The second-order valence-corrected chi connectivity index (χ2v) is 6.52. The maximum Gasteiger partial charge on any atom is 0.0209 e. The zero-order chi connectivity index (χ0) is 13.5. The predicted molar refractivity (Wildman–Crippen MR) is 82.8 cm³/mol. The predicted octanol–water partition coefficient (Wildman–Crippen LogP) is 3.52. The van der Waals surface area contributed by atoms with E-state index in [4.69, 9.17) is 0 Å². The molecule has 0 aliphatic heterocycles. The molecule has 0 aliphatic rings. The minimum Gasteiger partial charge on any atom is -0.309 e. The first-order valence-electron chi connectivity index (χ1n) is 6.60. The van der Waals surface area contributed by atoms with Gasteiger partial charge in [0.05, 0.1) is 0 Å². The first-order chi connectivity index (χ1) is 8.47. The molecule has 1 atom stereocenters. The lowest BCUT2D eigenvalue weighted by Crippen LogP contribution is -2.38. The lowest BCUT2D eigenvalue weighted by molar-refractivity contribution is 0.305. The van der Waals surface area contributed by atoms with Crippen LogP contribution in [0.15, 0.2) is 28.7 Å². The van der Waals surface area contributed by atoms with Crippen molar-refractivity contribution in [1.29, 1.82) is 0 Å². The van der Waals surface area contributed by atoms with E-state index in [1.807, 2.05) is 0 Å². The van der Waals surface area contributed by atoms with Crippen LogP contribution in [0.1, 0.15) is 25.8 Å². The average molecular weight is 313 g/mol. The monoisotopic (exact) mass is 312 g/mol. The Bertz CT molecular complexity index is 340. The van der Waals surface area contributed by atoms with Gasteiger partial charge in [-0.05, 0) is 44.1 Å². The lowest BCUT2D eigenvalue weighted by atomic mass is 10.0. The number of likely N-dealkylation sites (N-methyl/N-ethyl adjacent to an activating group) is 1. The van der Waals surface area contributed by atoms with Gasteiger partial charge in [-0.3, -0.25) is 0 Å². The molecule has 1 rings (SSSR count). The molecule has 0 spiro atoms. The van der Waals surface area contributed by atoms with Crippen LogP contribution in [0.25, 0.3) is 0 Å². The third-order valence-electron chi connectivity index (χ3n) is 2.83. The van der Waals surface area contributed by atoms with Gasteiger partial charge in [-0.1, -0.05) is 41.9 Å². The van der Waals surface area contributed by atoms with E-state index >= 15 is 0 Å². The smallest absolute Gasteiger partial charge is 0.0209 e. The second-order valence-electron chi connectivity index (χ2n) is 5.60. The molecule has 3 heteroatoms. The summed E-state index contributed by atoms with van der Waals surface area (Å²) in [6.07, 6.45) is 1.21. The van der Waals surface area contributed by atoms with Gasteiger partial charge < -0.3 is 10.2 Å². The quantitative estimate of drug-likeness (QED) is 0.828. The Morgan fingerprint density at radius 3 is 2.56 bits per heavy atom. The van der Waals surface area contributed by atoms with Gasteiger partial charge in [-0.15, -0.1) is 0 Å². The standard InChI is InChI=1S/C15H25BrN2/c1-12(2)8-15(11-18(3)4)17-10-13-6-5-7-14(16)9-13/h5-7,9,12,15,17H,8,10-11H2,1-4H3. The van der Waals surface area contributed by atoms with Crippen LogP contribution in [0.5, 0.6) is 0 Å². The van der Waals surface area contributed by atoms with Gasteiger partial charge in [0.2, 0.25) is 0 Å². The van der Waals surface area contributed by atoms with Crippen molar-refractivity contribution in [3.8, 4) is 0 Å². The van der Waals surface area contributed by atoms with E-state index in [-0.39, 0.29) is 0 Å². The van der Waals surface area contributed by atoms with E-state index < -0.39 is 0 Å². The maximum absolute atomic E-state index is 3.66. The highest BCUT2D eigenvalue weighted by atomic mass is 79.9. The molecule has 0 heterocycles. The molecule has 2 nitrogen and oxygen atoms in total. The van der Waals surface area contributed by atoms with E-state index in [1.54, 1.807) is 0 Å². The molecule has 0 bridgehead atoms. The van der Waals surface area contributed by atoms with Crippen molar-refractivity contribution in [3.05, 3.63) is 34.3 Å². The van der Waals surface area contributed by atoms with E-state index in [9.17, 15) is 0 Å². The van der Waals surface area contributed by atoms with Gasteiger partial charge in [0, 0.05) is 23.6 Å². The second kappa shape index (κ2) is 7.93. The maximum atomic E-state index is 3.66. The van der Waals surface area contributed by atoms with Crippen molar-refractivity contribution < 1.29 is 0 Å². The molecule has 0 radical (unpaired) electrons. The van der Waals surface area contributed by atoms with E-state index in [2.05, 4.69) is 78.4 Å². The van der Waals surface area contributed by atoms with Gasteiger partial charge in [0.15, 0.2) is 0 Å². The summed E-state index contributed by atoms with van der Waals surface area (Å²) < 4.78 is 1.15. The van der Waals surface area contributed by atoms with Gasteiger partial charge in [0.1, 0.15) is 0 Å². The van der Waals surface area contributed by atoms with Crippen LogP contribution < -0.4 is 5.32 Å². The lowest BCUT2D eigenvalue weighted by Gasteiger charge is -2.24. The fraction of sp³-hybridized carbons (Fsp3) is 0.600. The van der Waals surface area contributed by atoms with Crippen LogP contribution >= 0.6 is 15.9 Å². The van der Waals surface area contributed by atoms with Crippen LogP contribution in [0.3, 0.4) is 0 Å². The molecule has 18 heavy (non-hydrogen) atoms. The van der Waals surface area contributed by atoms with Crippen LogP contribution in [0, 0.1) is 5.92 Å². The van der Waals surface area contributed by atoms with E-state index in [0.717, 1.165) is 23.5 Å². The number of halogens is 1. The van der Waals surface area contributed by atoms with Crippen molar-refractivity contribution >= 4 is 15.9 Å². The number of nitrogens with zero attached hydrogens (tertiary/aromatic N) is 1. The topological polar surface area (TPSA) is 15.3 Å². The fourth-order valence-corrected chi connectivity index (χ4v) is 2.59. The summed E-state index contributed by atoms with van der Waals surface area (Å²) >= 11 is 3.51. The summed E-state index contributed by atoms with van der Waals surface area (Å²) in [7, 11) is 4.27. The van der Waals surface area contributed by atoms with Crippen molar-refractivity contribution in [2.24, 2.45) is 5.92 Å². The normalized spacial score (nSPS) is 13.3. The largest absolute Gasteiger partial charge is 0.309 e. The van der Waals surface area contributed by atoms with E-state index in [1.165, 1.54) is 12.0 Å². The first-order valence-corrected chi connectivity index (χ1v) is 7.39. The van der Waals surface area contributed by atoms with Crippen molar-refractivity contribution in [2.75, 3.05) is 20.6 Å². The summed E-state index contributed by atoms with van der Waals surface area (Å²) in [5.74, 6) is 0.727. The molecule has 1 N–H and O–H groups in total. The summed E-state index contributed by atoms with van der Waals surface area (Å²) in [4.78, 5) is 2.25. The summed E-state index contributed by atoms with van der Waals surface area (Å²) in [5, 5.41) is 3.66. The van der Waals surface area contributed by atoms with Crippen molar-refractivity contribution in [2.45, 2.75) is 32.9 Å². The molecular formula is C15H25BrN2. The fourth-order valence-electron chi connectivity index (χ4n) is 2.14. The molecule has 0 aromatic heterocycles. The Morgan fingerprint density at radius 2 is 2.00 bits per heavy atom. The third-order valence-corrected chi connectivity index (χ3v) is 3.32. The SMILES string of the molecule is CC(C)CC(CN(C)C)NCc1cccc(Br)c1. The van der Waals surface area contributed by atoms with Crippen LogP contribution in [-0.2, 0) is 6.54 Å². The third kappa shape index (κ3) is 6.53. The molecule has 1 aromatic carbocycles. The Labute approximate surface area is 120 Å². The Hall–Kier alpha value is -0.380. The Morgan fingerprint density at radius 1 is 1.28 bits per heavy atom. The number of nitrogens with one attached hydrogen (secondary N) is 1. The molecular weight excluding hydrogens is 288 g/mol. The minimum absolute atomic E-state index is 0.555. The Kier molecular flexibility index (Phi) is 6.90. The number of benzene rings is 1. The molecule has 0 fully saturated rings. The molecule has 0 saturated carbocycles. The first kappa shape index (κ1) is 15.7. The van der Waals surface area contributed by atoms with Gasteiger partial charge in [-0.2, -0.15) is 0 Å². The van der Waals surface area contributed by atoms with Gasteiger partial charge in [0.25, 0.3) is 0 Å². The molecule has 0 aliphatic carbocycles. The summed E-state index contributed by atoms with van der Waals surface area (Å²) in [5.41, 5.74) is 1.33. The molecule has 0 saturated heterocycles. The highest BCUT2D eigenvalue weighted by molar-refractivity contribution is 9.10. The molecule has 1 unspecified atom stereocenters. The van der Waals surface area contributed by atoms with Gasteiger partial charge in [-0.25, -0.2) is 0 Å². The molecule has 1 aromatic rings. The number of hydrogen-bond donors (Lipinski definition) is 1. The highest BCUT2D eigenvalue weighted by Crippen LogP contribution is 2.12. The average Bonchev–Trinajstić information content (AvgIpc) is 2.24. The van der Waals surface area contributed by atoms with Crippen molar-refractivity contribution in [3.63, 3.8) is 0 Å². The zero-order valence-corrected chi connectivity index (χ0v) is 13.5. The Balaban J connectivity index is 2.50. The van der Waals surface area contributed by atoms with Gasteiger partial charge >= 0.3 is 0 Å². The summed E-state index contributed by atoms with van der Waals surface area (Å²) in [6.45, 7) is 6.59. The highest BCUT2D eigenvalue weighted by Gasteiger charge is 2.11. The molecule has 102 valence electrons. The van der Waals surface area contributed by atoms with Crippen LogP contribution in [0.2, 0.25) is 0 Å². The zero-order valence-electron chi connectivity index (χ0n) is 11.9.